The molecule has 1 aromatic heterocycles. The smallest absolute Gasteiger partial charge is 0.0917 e. The van der Waals surface area contributed by atoms with Crippen molar-refractivity contribution in [1.82, 2.24) is 9.88 Å². The predicted molar refractivity (Wildman–Crippen MR) is 103 cm³/mol. The van der Waals surface area contributed by atoms with Gasteiger partial charge in [0, 0.05) is 46.3 Å². The number of halogens is 2. The van der Waals surface area contributed by atoms with Crippen molar-refractivity contribution in [2.24, 2.45) is 0 Å². The molecular weight excluding hydrogens is 355 g/mol. The number of rotatable bonds is 3. The Balaban J connectivity index is 1.55. The maximum atomic E-state index is 10.5. The van der Waals surface area contributed by atoms with Crippen LogP contribution in [-0.4, -0.2) is 28.1 Å². The van der Waals surface area contributed by atoms with Gasteiger partial charge in [-0.05, 0) is 54.3 Å². The molecule has 1 atom stereocenters. The van der Waals surface area contributed by atoms with Crippen molar-refractivity contribution in [3.8, 4) is 0 Å². The van der Waals surface area contributed by atoms with Gasteiger partial charge in [0.2, 0.25) is 0 Å². The summed E-state index contributed by atoms with van der Waals surface area (Å²) < 4.78 is 0. The lowest BCUT2D eigenvalue weighted by atomic mass is 10.0. The van der Waals surface area contributed by atoms with Gasteiger partial charge in [-0.15, -0.1) is 0 Å². The van der Waals surface area contributed by atoms with E-state index in [1.165, 1.54) is 16.6 Å². The first-order valence-electron chi connectivity index (χ1n) is 8.46. The number of nitrogens with one attached hydrogen (secondary N) is 1. The summed E-state index contributed by atoms with van der Waals surface area (Å²) in [7, 11) is 0. The third-order valence-corrected chi connectivity index (χ3v) is 5.64. The minimum Gasteiger partial charge on any atom is -0.387 e. The summed E-state index contributed by atoms with van der Waals surface area (Å²) in [5.74, 6) is 0. The molecule has 0 saturated carbocycles. The summed E-state index contributed by atoms with van der Waals surface area (Å²) in [6.07, 6.45) is 0.415. The lowest BCUT2D eigenvalue weighted by molar-refractivity contribution is 0.105. The van der Waals surface area contributed by atoms with E-state index in [4.69, 9.17) is 23.2 Å². The molecule has 0 bridgehead atoms. The standard InChI is InChI=1S/C20H20Cl2N2O/c1-12-7-18-16(9-17(12)22)15-5-6-24(10-19(15)23-18)11-20(25)13-3-2-4-14(21)8-13/h2-4,7-9,20,23,25H,5-6,10-11H2,1H3. The van der Waals surface area contributed by atoms with Crippen molar-refractivity contribution in [2.45, 2.75) is 26.0 Å². The van der Waals surface area contributed by atoms with Crippen molar-refractivity contribution in [1.29, 1.82) is 0 Å². The number of fused-ring (bicyclic) bond motifs is 3. The number of β-amino-alcohol motifs (C(OH)–C–C–N with tert-alkyl or cyclic N) is 1. The Hall–Kier alpha value is -1.52. The van der Waals surface area contributed by atoms with Crippen LogP contribution in [0.1, 0.15) is 28.5 Å². The number of nitrogens with zero attached hydrogens (tertiary/aromatic N) is 1. The van der Waals surface area contributed by atoms with E-state index in [9.17, 15) is 5.11 Å². The molecule has 2 aromatic carbocycles. The Morgan fingerprint density at radius 1 is 1.24 bits per heavy atom. The number of aliphatic hydroxyl groups is 1. The zero-order chi connectivity index (χ0) is 17.6. The zero-order valence-corrected chi connectivity index (χ0v) is 15.5. The van der Waals surface area contributed by atoms with Gasteiger partial charge in [0.25, 0.3) is 0 Å². The predicted octanol–water partition coefficient (Wildman–Crippen LogP) is 4.87. The second-order valence-electron chi connectivity index (χ2n) is 6.79. The topological polar surface area (TPSA) is 39.3 Å². The summed E-state index contributed by atoms with van der Waals surface area (Å²) in [6, 6.07) is 11.6. The lowest BCUT2D eigenvalue weighted by Crippen LogP contribution is -2.33. The molecule has 0 saturated heterocycles. The van der Waals surface area contributed by atoms with Gasteiger partial charge in [0.1, 0.15) is 0 Å². The van der Waals surface area contributed by atoms with Gasteiger partial charge in [-0.3, -0.25) is 4.90 Å². The third kappa shape index (κ3) is 3.30. The fourth-order valence-corrected chi connectivity index (χ4v) is 4.01. The van der Waals surface area contributed by atoms with Crippen LogP contribution in [0.5, 0.6) is 0 Å². The molecule has 0 radical (unpaired) electrons. The Kier molecular flexibility index (Phi) is 4.50. The van der Waals surface area contributed by atoms with Crippen molar-refractivity contribution in [3.05, 3.63) is 68.8 Å². The highest BCUT2D eigenvalue weighted by Gasteiger charge is 2.23. The number of hydrogen-bond acceptors (Lipinski definition) is 2. The Morgan fingerprint density at radius 2 is 2.08 bits per heavy atom. The molecule has 1 aliphatic heterocycles. The number of benzene rings is 2. The summed E-state index contributed by atoms with van der Waals surface area (Å²) in [5, 5.41) is 13.2. The first-order valence-corrected chi connectivity index (χ1v) is 9.22. The highest BCUT2D eigenvalue weighted by atomic mass is 35.5. The number of aliphatic hydroxyl groups excluding tert-OH is 1. The van der Waals surface area contributed by atoms with Gasteiger partial charge in [-0.1, -0.05) is 35.3 Å². The monoisotopic (exact) mass is 374 g/mol. The van der Waals surface area contributed by atoms with Crippen LogP contribution in [0.3, 0.4) is 0 Å². The van der Waals surface area contributed by atoms with Crippen LogP contribution in [0.25, 0.3) is 10.9 Å². The van der Waals surface area contributed by atoms with E-state index in [1.807, 2.05) is 31.2 Å². The number of H-pyrrole nitrogens is 1. The van der Waals surface area contributed by atoms with Crippen LogP contribution in [0, 0.1) is 6.92 Å². The van der Waals surface area contributed by atoms with Crippen molar-refractivity contribution in [3.63, 3.8) is 0 Å². The van der Waals surface area contributed by atoms with Crippen LogP contribution in [-0.2, 0) is 13.0 Å². The first kappa shape index (κ1) is 16.9. The molecule has 0 spiro atoms. The molecule has 3 aromatic rings. The van der Waals surface area contributed by atoms with Crippen LogP contribution >= 0.6 is 23.2 Å². The maximum Gasteiger partial charge on any atom is 0.0917 e. The zero-order valence-electron chi connectivity index (χ0n) is 14.0. The molecule has 130 valence electrons. The van der Waals surface area contributed by atoms with Crippen molar-refractivity contribution in [2.75, 3.05) is 13.1 Å². The molecule has 4 rings (SSSR count). The number of hydrogen-bond donors (Lipinski definition) is 2. The van der Waals surface area contributed by atoms with E-state index in [0.717, 1.165) is 41.2 Å². The number of aromatic amines is 1. The van der Waals surface area contributed by atoms with E-state index in [2.05, 4.69) is 22.0 Å². The summed E-state index contributed by atoms with van der Waals surface area (Å²) in [4.78, 5) is 5.81. The van der Waals surface area contributed by atoms with E-state index >= 15 is 0 Å². The normalized spacial score (nSPS) is 16.2. The molecule has 0 amide bonds. The second-order valence-corrected chi connectivity index (χ2v) is 7.63. The van der Waals surface area contributed by atoms with Gasteiger partial charge in [-0.25, -0.2) is 0 Å². The third-order valence-electron chi connectivity index (χ3n) is 5.00. The minimum absolute atomic E-state index is 0.540. The van der Waals surface area contributed by atoms with Gasteiger partial charge >= 0.3 is 0 Å². The minimum atomic E-state index is -0.540. The number of aromatic nitrogens is 1. The van der Waals surface area contributed by atoms with Gasteiger partial charge < -0.3 is 10.1 Å². The lowest BCUT2D eigenvalue weighted by Gasteiger charge is -2.29. The molecular formula is C20H20Cl2N2O. The highest BCUT2D eigenvalue weighted by molar-refractivity contribution is 6.32. The first-order chi connectivity index (χ1) is 12.0. The fourth-order valence-electron chi connectivity index (χ4n) is 3.65. The van der Waals surface area contributed by atoms with E-state index < -0.39 is 6.10 Å². The Morgan fingerprint density at radius 3 is 2.88 bits per heavy atom. The van der Waals surface area contributed by atoms with Gasteiger partial charge in [0.05, 0.1) is 6.10 Å². The number of aryl methyl sites for hydroxylation is 1. The molecule has 1 aliphatic rings. The van der Waals surface area contributed by atoms with Crippen LogP contribution < -0.4 is 0 Å². The van der Waals surface area contributed by atoms with Crippen molar-refractivity contribution < 1.29 is 5.11 Å². The SMILES string of the molecule is Cc1cc2[nH]c3c(c2cc1Cl)CCN(CC(O)c1cccc(Cl)c1)C3. The molecule has 2 N–H and O–H groups in total. The van der Waals surface area contributed by atoms with E-state index in [1.54, 1.807) is 0 Å². The van der Waals surface area contributed by atoms with E-state index in [0.29, 0.717) is 11.6 Å². The van der Waals surface area contributed by atoms with Crippen LogP contribution in [0.2, 0.25) is 10.0 Å². The summed E-state index contributed by atoms with van der Waals surface area (Å²) >= 11 is 12.3. The molecule has 5 heteroatoms. The fraction of sp³-hybridized carbons (Fsp3) is 0.300. The molecule has 0 aliphatic carbocycles. The average molecular weight is 375 g/mol. The average Bonchev–Trinajstić information content (AvgIpc) is 2.92. The second kappa shape index (κ2) is 6.65. The Labute approximate surface area is 157 Å². The van der Waals surface area contributed by atoms with Gasteiger partial charge in [-0.2, -0.15) is 0 Å². The maximum absolute atomic E-state index is 10.5. The largest absolute Gasteiger partial charge is 0.387 e. The summed E-state index contributed by atoms with van der Waals surface area (Å²) in [5.41, 5.74) is 5.66. The van der Waals surface area contributed by atoms with Crippen LogP contribution in [0.15, 0.2) is 36.4 Å². The Bertz CT molecular complexity index is 935. The van der Waals surface area contributed by atoms with Gasteiger partial charge in [0.15, 0.2) is 0 Å². The van der Waals surface area contributed by atoms with E-state index in [-0.39, 0.29) is 0 Å². The molecule has 2 heterocycles. The molecule has 1 unspecified atom stereocenters. The molecule has 25 heavy (non-hydrogen) atoms. The molecule has 3 nitrogen and oxygen atoms in total. The quantitative estimate of drug-likeness (QED) is 0.685. The summed E-state index contributed by atoms with van der Waals surface area (Å²) in [6.45, 7) is 4.34. The van der Waals surface area contributed by atoms with Crippen molar-refractivity contribution >= 4 is 34.1 Å². The van der Waals surface area contributed by atoms with Crippen LogP contribution in [0.4, 0.5) is 0 Å². The highest BCUT2D eigenvalue weighted by Crippen LogP contribution is 2.32. The molecule has 0 fully saturated rings.